The summed E-state index contributed by atoms with van der Waals surface area (Å²) in [7, 11) is 1.70. The average Bonchev–Trinajstić information content (AvgIpc) is 2.68. The number of amides is 1. The molecule has 0 spiro atoms. The third-order valence-corrected chi connectivity index (χ3v) is 6.49. The molecule has 1 amide bonds. The fraction of sp³-hybridized carbons (Fsp3) is 0.947. The summed E-state index contributed by atoms with van der Waals surface area (Å²) < 4.78 is 11.0. The lowest BCUT2D eigenvalue weighted by Gasteiger charge is -2.48. The van der Waals surface area contributed by atoms with Gasteiger partial charge in [0.25, 0.3) is 0 Å². The van der Waals surface area contributed by atoms with E-state index >= 15 is 0 Å². The van der Waals surface area contributed by atoms with Crippen molar-refractivity contribution in [3.63, 3.8) is 0 Å². The molecule has 8 heteroatoms. The van der Waals surface area contributed by atoms with Gasteiger partial charge in [-0.2, -0.15) is 0 Å². The second-order valence-electron chi connectivity index (χ2n) is 8.03. The fourth-order valence-corrected chi connectivity index (χ4v) is 4.78. The Morgan fingerprint density at radius 2 is 1.70 bits per heavy atom. The highest BCUT2D eigenvalue weighted by atomic mass is 35.5. The zero-order chi connectivity index (χ0) is 17.6. The van der Waals surface area contributed by atoms with E-state index in [0.717, 1.165) is 71.6 Å². The number of piperidine rings is 2. The van der Waals surface area contributed by atoms with E-state index in [-0.39, 0.29) is 41.7 Å². The first-order chi connectivity index (χ1) is 12.2. The van der Waals surface area contributed by atoms with Gasteiger partial charge in [-0.25, -0.2) is 0 Å². The molecule has 0 bridgehead atoms. The van der Waals surface area contributed by atoms with Crippen LogP contribution in [-0.4, -0.2) is 76.0 Å². The van der Waals surface area contributed by atoms with Crippen LogP contribution in [0.1, 0.15) is 44.9 Å². The summed E-state index contributed by atoms with van der Waals surface area (Å²) in [6.07, 6.45) is 7.63. The van der Waals surface area contributed by atoms with E-state index in [1.165, 1.54) is 19.3 Å². The number of carbonyl (C=O) groups excluding carboxylic acids is 1. The Labute approximate surface area is 176 Å². The van der Waals surface area contributed by atoms with Crippen LogP contribution >= 0.6 is 24.8 Å². The van der Waals surface area contributed by atoms with Crippen molar-refractivity contribution in [1.82, 2.24) is 15.5 Å². The van der Waals surface area contributed by atoms with Crippen LogP contribution in [0.2, 0.25) is 0 Å². The molecule has 0 atom stereocenters. The fourth-order valence-electron chi connectivity index (χ4n) is 4.78. The lowest BCUT2D eigenvalue weighted by atomic mass is 9.78. The minimum absolute atomic E-state index is 0. The zero-order valence-electron chi connectivity index (χ0n) is 16.6. The third-order valence-electron chi connectivity index (χ3n) is 6.49. The van der Waals surface area contributed by atoms with Gasteiger partial charge in [0, 0.05) is 32.4 Å². The van der Waals surface area contributed by atoms with Gasteiger partial charge in [-0.15, -0.1) is 24.8 Å². The van der Waals surface area contributed by atoms with Crippen LogP contribution in [0.3, 0.4) is 0 Å². The highest BCUT2D eigenvalue weighted by Gasteiger charge is 2.43. The first kappa shape index (κ1) is 24.9. The smallest absolute Gasteiger partial charge is 0.228 e. The standard InChI is InChI=1S/C19H35N3O3.2ClH/c1-24-16-18(5-9-20-10-6-18)17(23)21-15-19(7-13-25-14-8-19)22-11-3-2-4-12-22;;/h20H,2-16H2,1H3,(H,21,23);2*1H. The largest absolute Gasteiger partial charge is 0.384 e. The topological polar surface area (TPSA) is 62.8 Å². The maximum Gasteiger partial charge on any atom is 0.228 e. The van der Waals surface area contributed by atoms with Gasteiger partial charge in [-0.3, -0.25) is 9.69 Å². The Hall–Kier alpha value is -0.110. The number of likely N-dealkylation sites (tertiary alicyclic amines) is 1. The van der Waals surface area contributed by atoms with Crippen molar-refractivity contribution in [2.24, 2.45) is 5.41 Å². The molecule has 0 aromatic carbocycles. The molecule has 0 aliphatic carbocycles. The Kier molecular flexibility index (Phi) is 10.9. The Balaban J connectivity index is 0.00000182. The quantitative estimate of drug-likeness (QED) is 0.681. The molecule has 0 radical (unpaired) electrons. The number of rotatable bonds is 6. The number of nitrogens with zero attached hydrogens (tertiary/aromatic N) is 1. The molecular weight excluding hydrogens is 389 g/mol. The number of methoxy groups -OCH3 is 1. The molecule has 0 unspecified atom stereocenters. The minimum atomic E-state index is -0.367. The van der Waals surface area contributed by atoms with Crippen LogP contribution in [0.15, 0.2) is 0 Å². The molecule has 0 aromatic heterocycles. The number of halogens is 2. The van der Waals surface area contributed by atoms with Gasteiger partial charge in [0.15, 0.2) is 0 Å². The average molecular weight is 426 g/mol. The predicted molar refractivity (Wildman–Crippen MR) is 112 cm³/mol. The van der Waals surface area contributed by atoms with Crippen LogP contribution in [0.4, 0.5) is 0 Å². The molecule has 160 valence electrons. The summed E-state index contributed by atoms with van der Waals surface area (Å²) in [6, 6.07) is 0. The molecular formula is C19H37Cl2N3O3. The second kappa shape index (κ2) is 11.8. The van der Waals surface area contributed by atoms with Crippen LogP contribution in [-0.2, 0) is 14.3 Å². The maximum atomic E-state index is 13.1. The van der Waals surface area contributed by atoms with Crippen molar-refractivity contribution in [2.75, 3.05) is 59.7 Å². The number of hydrogen-bond acceptors (Lipinski definition) is 5. The van der Waals surface area contributed by atoms with Crippen molar-refractivity contribution in [3.8, 4) is 0 Å². The lowest BCUT2D eigenvalue weighted by Crippen LogP contribution is -2.61. The van der Waals surface area contributed by atoms with Crippen molar-refractivity contribution in [3.05, 3.63) is 0 Å². The normalized spacial score (nSPS) is 24.9. The van der Waals surface area contributed by atoms with Crippen LogP contribution in [0.5, 0.6) is 0 Å². The molecule has 6 nitrogen and oxygen atoms in total. The molecule has 3 aliphatic heterocycles. The van der Waals surface area contributed by atoms with E-state index in [4.69, 9.17) is 9.47 Å². The molecule has 3 fully saturated rings. The summed E-state index contributed by atoms with van der Waals surface area (Å²) in [5.74, 6) is 0.179. The van der Waals surface area contributed by atoms with Crippen molar-refractivity contribution < 1.29 is 14.3 Å². The zero-order valence-corrected chi connectivity index (χ0v) is 18.2. The molecule has 3 aliphatic rings. The molecule has 2 N–H and O–H groups in total. The van der Waals surface area contributed by atoms with E-state index in [2.05, 4.69) is 15.5 Å². The number of hydrogen-bond donors (Lipinski definition) is 2. The monoisotopic (exact) mass is 425 g/mol. The Morgan fingerprint density at radius 3 is 2.30 bits per heavy atom. The highest BCUT2D eigenvalue weighted by Crippen LogP contribution is 2.32. The Morgan fingerprint density at radius 1 is 1.07 bits per heavy atom. The van der Waals surface area contributed by atoms with E-state index < -0.39 is 0 Å². The number of nitrogens with one attached hydrogen (secondary N) is 2. The van der Waals surface area contributed by atoms with Gasteiger partial charge in [0.05, 0.1) is 12.0 Å². The number of carbonyl (C=O) groups is 1. The summed E-state index contributed by atoms with van der Waals surface area (Å²) in [5.41, 5.74) is -0.288. The first-order valence-electron chi connectivity index (χ1n) is 10.0. The highest BCUT2D eigenvalue weighted by molar-refractivity contribution is 5.85. The Bertz CT molecular complexity index is 430. The third kappa shape index (κ3) is 5.94. The minimum Gasteiger partial charge on any atom is -0.384 e. The van der Waals surface area contributed by atoms with Gasteiger partial charge >= 0.3 is 0 Å². The SMILES string of the molecule is COCC1(C(=O)NCC2(N3CCCCC3)CCOCC2)CCNCC1.Cl.Cl. The summed E-state index contributed by atoms with van der Waals surface area (Å²) in [4.78, 5) is 15.7. The van der Waals surface area contributed by atoms with Gasteiger partial charge in [-0.05, 0) is 64.7 Å². The molecule has 0 saturated carbocycles. The van der Waals surface area contributed by atoms with E-state index in [1.54, 1.807) is 7.11 Å². The summed E-state index contributed by atoms with van der Waals surface area (Å²) >= 11 is 0. The number of ether oxygens (including phenoxy) is 2. The molecule has 3 heterocycles. The first-order valence-corrected chi connectivity index (χ1v) is 10.0. The van der Waals surface area contributed by atoms with Crippen LogP contribution < -0.4 is 10.6 Å². The molecule has 27 heavy (non-hydrogen) atoms. The van der Waals surface area contributed by atoms with E-state index in [1.807, 2.05) is 0 Å². The van der Waals surface area contributed by atoms with Crippen molar-refractivity contribution >= 4 is 30.7 Å². The maximum absolute atomic E-state index is 13.1. The van der Waals surface area contributed by atoms with Gasteiger partial charge in [-0.1, -0.05) is 6.42 Å². The predicted octanol–water partition coefficient (Wildman–Crippen LogP) is 2.00. The molecule has 3 rings (SSSR count). The van der Waals surface area contributed by atoms with E-state index in [0.29, 0.717) is 6.61 Å². The summed E-state index contributed by atoms with van der Waals surface area (Å²) in [5, 5.41) is 6.70. The van der Waals surface area contributed by atoms with Crippen LogP contribution in [0, 0.1) is 5.41 Å². The summed E-state index contributed by atoms with van der Waals surface area (Å²) in [6.45, 7) is 6.96. The van der Waals surface area contributed by atoms with Gasteiger partial charge in [0.2, 0.25) is 5.91 Å². The van der Waals surface area contributed by atoms with Crippen LogP contribution in [0.25, 0.3) is 0 Å². The second-order valence-corrected chi connectivity index (χ2v) is 8.03. The van der Waals surface area contributed by atoms with Gasteiger partial charge < -0.3 is 20.1 Å². The van der Waals surface area contributed by atoms with Gasteiger partial charge in [0.1, 0.15) is 0 Å². The lowest BCUT2D eigenvalue weighted by molar-refractivity contribution is -0.137. The van der Waals surface area contributed by atoms with E-state index in [9.17, 15) is 4.79 Å². The van der Waals surface area contributed by atoms with Crippen molar-refractivity contribution in [2.45, 2.75) is 50.5 Å². The molecule has 0 aromatic rings. The van der Waals surface area contributed by atoms with Crippen molar-refractivity contribution in [1.29, 1.82) is 0 Å². The molecule has 3 saturated heterocycles.